The number of hydrogen-bond donors (Lipinski definition) is 1. The number of carbonyl (C=O) groups excluding carboxylic acids is 1. The zero-order valence-electron chi connectivity index (χ0n) is 13.5. The molecule has 1 aliphatic rings. The molecule has 0 aliphatic carbocycles. The van der Waals surface area contributed by atoms with E-state index in [0.717, 1.165) is 23.8 Å². The summed E-state index contributed by atoms with van der Waals surface area (Å²) in [5, 5.41) is 2.76. The van der Waals surface area contributed by atoms with Crippen molar-refractivity contribution in [1.82, 2.24) is 14.2 Å². The first-order valence-corrected chi connectivity index (χ1v) is 9.28. The number of nitrogens with one attached hydrogen (secondary N) is 1. The minimum absolute atomic E-state index is 0.00900. The molecular weight excluding hydrogens is 318 g/mol. The van der Waals surface area contributed by atoms with Gasteiger partial charge in [0.15, 0.2) is 0 Å². The Morgan fingerprint density at radius 2 is 1.96 bits per heavy atom. The van der Waals surface area contributed by atoms with E-state index in [1.165, 1.54) is 22.6 Å². The first kappa shape index (κ1) is 17.7. The second kappa shape index (κ2) is 7.27. The Labute approximate surface area is 136 Å². The number of aromatic nitrogens is 1. The van der Waals surface area contributed by atoms with Gasteiger partial charge in [-0.3, -0.25) is 9.59 Å². The fourth-order valence-corrected chi connectivity index (χ4v) is 3.98. The van der Waals surface area contributed by atoms with Crippen molar-refractivity contribution in [2.75, 3.05) is 13.1 Å². The van der Waals surface area contributed by atoms with E-state index in [4.69, 9.17) is 0 Å². The van der Waals surface area contributed by atoms with Gasteiger partial charge in [-0.2, -0.15) is 4.31 Å². The number of rotatable bonds is 6. The van der Waals surface area contributed by atoms with E-state index in [2.05, 4.69) is 5.32 Å². The van der Waals surface area contributed by atoms with Crippen molar-refractivity contribution in [3.63, 3.8) is 0 Å². The van der Waals surface area contributed by atoms with Crippen LogP contribution in [0.1, 0.15) is 33.1 Å². The molecule has 1 aliphatic heterocycles. The molecule has 2 heterocycles. The van der Waals surface area contributed by atoms with Crippen LogP contribution in [0.15, 0.2) is 28.0 Å². The lowest BCUT2D eigenvalue weighted by Gasteiger charge is -2.17. The molecule has 0 bridgehead atoms. The molecule has 1 unspecified atom stereocenters. The monoisotopic (exact) mass is 341 g/mol. The van der Waals surface area contributed by atoms with Gasteiger partial charge in [-0.15, -0.1) is 0 Å². The molecule has 0 aromatic carbocycles. The zero-order valence-corrected chi connectivity index (χ0v) is 14.3. The van der Waals surface area contributed by atoms with Crippen LogP contribution in [0.5, 0.6) is 0 Å². The minimum Gasteiger partial charge on any atom is -0.352 e. The number of amides is 1. The molecule has 1 fully saturated rings. The van der Waals surface area contributed by atoms with Crippen molar-refractivity contribution in [2.45, 2.75) is 50.6 Å². The van der Waals surface area contributed by atoms with E-state index in [9.17, 15) is 18.0 Å². The standard InChI is InChI=1S/C15H23N3O4S/c1-3-12(2)16-14(19)11-17-10-13(6-7-15(17)20)23(21,22)18-8-4-5-9-18/h6-7,10,12H,3-5,8-9,11H2,1-2H3,(H,16,19). The summed E-state index contributed by atoms with van der Waals surface area (Å²) in [6.45, 7) is 4.62. The van der Waals surface area contributed by atoms with E-state index in [1.807, 2.05) is 13.8 Å². The van der Waals surface area contributed by atoms with Crippen LogP contribution < -0.4 is 10.9 Å². The second-order valence-electron chi connectivity index (χ2n) is 5.82. The third kappa shape index (κ3) is 4.20. The summed E-state index contributed by atoms with van der Waals surface area (Å²) in [6.07, 6.45) is 3.72. The molecule has 0 radical (unpaired) electrons. The molecule has 128 valence electrons. The maximum absolute atomic E-state index is 12.5. The number of nitrogens with zero attached hydrogens (tertiary/aromatic N) is 2. The summed E-state index contributed by atoms with van der Waals surface area (Å²) in [4.78, 5) is 23.9. The first-order chi connectivity index (χ1) is 10.8. The van der Waals surface area contributed by atoms with Crippen molar-refractivity contribution in [1.29, 1.82) is 0 Å². The lowest BCUT2D eigenvalue weighted by Crippen LogP contribution is -2.37. The summed E-state index contributed by atoms with van der Waals surface area (Å²) in [5.74, 6) is -0.308. The highest BCUT2D eigenvalue weighted by molar-refractivity contribution is 7.89. The van der Waals surface area contributed by atoms with E-state index < -0.39 is 15.6 Å². The fourth-order valence-electron chi connectivity index (χ4n) is 2.44. The van der Waals surface area contributed by atoms with Gasteiger partial charge in [0, 0.05) is 31.4 Å². The van der Waals surface area contributed by atoms with E-state index in [1.54, 1.807) is 0 Å². The molecule has 1 aromatic heterocycles. The van der Waals surface area contributed by atoms with Gasteiger partial charge >= 0.3 is 0 Å². The van der Waals surface area contributed by atoms with Gasteiger partial charge in [0.25, 0.3) is 5.56 Å². The second-order valence-corrected chi connectivity index (χ2v) is 7.76. The molecule has 1 N–H and O–H groups in total. The Bertz CT molecular complexity index is 720. The molecule has 0 saturated carbocycles. The normalized spacial score (nSPS) is 17.1. The van der Waals surface area contributed by atoms with Crippen LogP contribution in [0, 0.1) is 0 Å². The Morgan fingerprint density at radius 3 is 2.57 bits per heavy atom. The Balaban J connectivity index is 2.22. The summed E-state index contributed by atoms with van der Waals surface area (Å²) >= 11 is 0. The Hall–Kier alpha value is -1.67. The van der Waals surface area contributed by atoms with Gasteiger partial charge in [-0.05, 0) is 32.3 Å². The van der Waals surface area contributed by atoms with Crippen molar-refractivity contribution in [3.8, 4) is 0 Å². The molecular formula is C15H23N3O4S. The molecule has 1 atom stereocenters. The molecule has 7 nitrogen and oxygen atoms in total. The molecule has 8 heteroatoms. The van der Waals surface area contributed by atoms with Gasteiger partial charge in [0.05, 0.1) is 4.90 Å². The number of sulfonamides is 1. The molecule has 23 heavy (non-hydrogen) atoms. The molecule has 0 spiro atoms. The summed E-state index contributed by atoms with van der Waals surface area (Å²) in [5.41, 5.74) is -0.398. The highest BCUT2D eigenvalue weighted by Crippen LogP contribution is 2.19. The third-order valence-electron chi connectivity index (χ3n) is 3.99. The Morgan fingerprint density at radius 1 is 1.30 bits per heavy atom. The number of hydrogen-bond acceptors (Lipinski definition) is 4. The predicted molar refractivity (Wildman–Crippen MR) is 86.6 cm³/mol. The van der Waals surface area contributed by atoms with Gasteiger partial charge in [-0.25, -0.2) is 8.42 Å². The van der Waals surface area contributed by atoms with Crippen LogP contribution in [-0.2, 0) is 21.4 Å². The van der Waals surface area contributed by atoms with Crippen LogP contribution in [0.4, 0.5) is 0 Å². The maximum Gasteiger partial charge on any atom is 0.251 e. The van der Waals surface area contributed by atoms with E-state index in [-0.39, 0.29) is 23.4 Å². The topological polar surface area (TPSA) is 88.5 Å². The van der Waals surface area contributed by atoms with Crippen molar-refractivity contribution in [2.24, 2.45) is 0 Å². The van der Waals surface area contributed by atoms with Crippen molar-refractivity contribution >= 4 is 15.9 Å². The quantitative estimate of drug-likeness (QED) is 0.818. The molecule has 2 rings (SSSR count). The fraction of sp³-hybridized carbons (Fsp3) is 0.600. The summed E-state index contributed by atoms with van der Waals surface area (Å²) in [6, 6.07) is 2.51. The average Bonchev–Trinajstić information content (AvgIpc) is 3.04. The van der Waals surface area contributed by atoms with Crippen LogP contribution in [-0.4, -0.2) is 42.3 Å². The first-order valence-electron chi connectivity index (χ1n) is 7.84. The lowest BCUT2D eigenvalue weighted by atomic mass is 10.2. The number of carbonyl (C=O) groups is 1. The third-order valence-corrected chi connectivity index (χ3v) is 5.88. The predicted octanol–water partition coefficient (Wildman–Crippen LogP) is 0.548. The van der Waals surface area contributed by atoms with E-state index in [0.29, 0.717) is 13.1 Å². The highest BCUT2D eigenvalue weighted by Gasteiger charge is 2.27. The van der Waals surface area contributed by atoms with Crippen LogP contribution in [0.2, 0.25) is 0 Å². The van der Waals surface area contributed by atoms with Gasteiger partial charge in [-0.1, -0.05) is 6.92 Å². The summed E-state index contributed by atoms with van der Waals surface area (Å²) in [7, 11) is -3.60. The highest BCUT2D eigenvalue weighted by atomic mass is 32.2. The van der Waals surface area contributed by atoms with Crippen molar-refractivity contribution in [3.05, 3.63) is 28.7 Å². The minimum atomic E-state index is -3.60. The van der Waals surface area contributed by atoms with E-state index >= 15 is 0 Å². The SMILES string of the molecule is CCC(C)NC(=O)Cn1cc(S(=O)(=O)N2CCCC2)ccc1=O. The maximum atomic E-state index is 12.5. The zero-order chi connectivity index (χ0) is 17.0. The molecule has 1 aromatic rings. The lowest BCUT2D eigenvalue weighted by molar-refractivity contribution is -0.122. The molecule has 1 amide bonds. The summed E-state index contributed by atoms with van der Waals surface area (Å²) < 4.78 is 27.6. The van der Waals surface area contributed by atoms with Crippen LogP contribution >= 0.6 is 0 Å². The largest absolute Gasteiger partial charge is 0.352 e. The smallest absolute Gasteiger partial charge is 0.251 e. The Kier molecular flexibility index (Phi) is 5.59. The molecule has 1 saturated heterocycles. The van der Waals surface area contributed by atoms with Gasteiger partial charge in [0.1, 0.15) is 6.54 Å². The van der Waals surface area contributed by atoms with Crippen molar-refractivity contribution < 1.29 is 13.2 Å². The van der Waals surface area contributed by atoms with Crippen LogP contribution in [0.3, 0.4) is 0 Å². The number of pyridine rings is 1. The van der Waals surface area contributed by atoms with Crippen LogP contribution in [0.25, 0.3) is 0 Å². The van der Waals surface area contributed by atoms with Gasteiger partial charge in [0.2, 0.25) is 15.9 Å². The van der Waals surface area contributed by atoms with Gasteiger partial charge < -0.3 is 9.88 Å². The average molecular weight is 341 g/mol.